The van der Waals surface area contributed by atoms with Crippen LogP contribution in [0.5, 0.6) is 0 Å². The molecule has 0 atom stereocenters. The molecule has 0 aliphatic rings. The first-order valence-corrected chi connectivity index (χ1v) is 8.65. The number of halogens is 2. The van der Waals surface area contributed by atoms with Crippen molar-refractivity contribution in [2.75, 3.05) is 6.54 Å². The van der Waals surface area contributed by atoms with Gasteiger partial charge in [0, 0.05) is 22.0 Å². The van der Waals surface area contributed by atoms with E-state index in [0.29, 0.717) is 9.86 Å². The van der Waals surface area contributed by atoms with Crippen molar-refractivity contribution in [3.63, 3.8) is 0 Å². The number of aromatic amines is 1. The maximum Gasteiger partial charge on any atom is 0.307 e. The molecule has 3 aromatic rings. The summed E-state index contributed by atoms with van der Waals surface area (Å²) >= 11 is 3.16. The van der Waals surface area contributed by atoms with Crippen molar-refractivity contribution in [1.82, 2.24) is 15.5 Å². The van der Waals surface area contributed by atoms with Gasteiger partial charge in [0.15, 0.2) is 5.69 Å². The van der Waals surface area contributed by atoms with Crippen LogP contribution in [0.4, 0.5) is 4.39 Å². The van der Waals surface area contributed by atoms with E-state index < -0.39 is 11.8 Å². The minimum Gasteiger partial charge on any atom is -0.461 e. The molecule has 1 heterocycles. The molecule has 0 radical (unpaired) electrons. The molecule has 0 unspecified atom stereocenters. The Hall–Kier alpha value is -2.74. The number of para-hydroxylation sites is 1. The van der Waals surface area contributed by atoms with Crippen LogP contribution in [-0.2, 0) is 16.1 Å². The molecule has 1 aromatic heterocycles. The number of nitrogens with one attached hydrogen (secondary N) is 2. The fourth-order valence-corrected chi connectivity index (χ4v) is 2.70. The number of ether oxygens (including phenoxy) is 1. The molecule has 0 saturated carbocycles. The topological polar surface area (TPSA) is 84.1 Å². The average Bonchev–Trinajstić information content (AvgIpc) is 3.05. The highest BCUT2D eigenvalue weighted by Crippen LogP contribution is 2.16. The first-order chi connectivity index (χ1) is 12.5. The number of fused-ring (bicyclic) bond motifs is 1. The highest BCUT2D eigenvalue weighted by atomic mass is 79.9. The minimum atomic E-state index is -0.528. The number of hydrogen-bond acceptors (Lipinski definition) is 4. The summed E-state index contributed by atoms with van der Waals surface area (Å²) < 4.78 is 19.3. The van der Waals surface area contributed by atoms with E-state index in [1.807, 2.05) is 18.2 Å². The van der Waals surface area contributed by atoms with Gasteiger partial charge in [-0.25, -0.2) is 4.39 Å². The average molecular weight is 420 g/mol. The van der Waals surface area contributed by atoms with Gasteiger partial charge in [-0.05, 0) is 18.2 Å². The maximum atomic E-state index is 13.7. The summed E-state index contributed by atoms with van der Waals surface area (Å²) in [6.45, 7) is -0.0580. The minimum absolute atomic E-state index is 0.0216. The van der Waals surface area contributed by atoms with E-state index in [0.717, 1.165) is 5.52 Å². The van der Waals surface area contributed by atoms with Gasteiger partial charge in [-0.3, -0.25) is 14.7 Å². The van der Waals surface area contributed by atoms with E-state index in [1.54, 1.807) is 12.1 Å². The zero-order valence-electron chi connectivity index (χ0n) is 13.6. The third kappa shape index (κ3) is 4.26. The third-order valence-electron chi connectivity index (χ3n) is 3.70. The lowest BCUT2D eigenvalue weighted by Crippen LogP contribution is -2.27. The quantitative estimate of drug-likeness (QED) is 0.600. The number of aromatic nitrogens is 2. The highest BCUT2D eigenvalue weighted by Gasteiger charge is 2.14. The Balaban J connectivity index is 1.47. The maximum absolute atomic E-state index is 13.7. The fourth-order valence-electron chi connectivity index (χ4n) is 2.37. The zero-order valence-corrected chi connectivity index (χ0v) is 15.2. The lowest BCUT2D eigenvalue weighted by molar-refractivity contribution is -0.144. The monoisotopic (exact) mass is 419 g/mol. The standard InChI is InChI=1S/C18H15BrFN3O3/c19-12-6-5-11(14(20)9-12)10-26-16(24)7-8-21-18(25)17-13-3-1-2-4-15(13)22-23-17/h1-6,9H,7-8,10H2,(H,21,25)(H,22,23). The molecule has 8 heteroatoms. The Morgan fingerprint density at radius 2 is 2.04 bits per heavy atom. The van der Waals surface area contributed by atoms with Crippen LogP contribution in [0, 0.1) is 5.82 Å². The van der Waals surface area contributed by atoms with E-state index in [9.17, 15) is 14.0 Å². The van der Waals surface area contributed by atoms with Gasteiger partial charge in [0.1, 0.15) is 12.4 Å². The predicted octanol–water partition coefficient (Wildman–Crippen LogP) is 3.33. The van der Waals surface area contributed by atoms with Gasteiger partial charge < -0.3 is 10.1 Å². The van der Waals surface area contributed by atoms with Crippen molar-refractivity contribution in [3.8, 4) is 0 Å². The summed E-state index contributed by atoms with van der Waals surface area (Å²) in [5.41, 5.74) is 1.31. The highest BCUT2D eigenvalue weighted by molar-refractivity contribution is 9.10. The molecule has 0 bridgehead atoms. The molecule has 0 aliphatic carbocycles. The summed E-state index contributed by atoms with van der Waals surface area (Å²) in [5.74, 6) is -1.36. The van der Waals surface area contributed by atoms with Gasteiger partial charge in [0.25, 0.3) is 5.91 Å². The smallest absolute Gasteiger partial charge is 0.307 e. The van der Waals surface area contributed by atoms with Crippen LogP contribution in [0.2, 0.25) is 0 Å². The Bertz CT molecular complexity index is 958. The lowest BCUT2D eigenvalue weighted by Gasteiger charge is -2.07. The number of carbonyl (C=O) groups is 2. The summed E-state index contributed by atoms with van der Waals surface area (Å²) in [4.78, 5) is 23.9. The van der Waals surface area contributed by atoms with Crippen molar-refractivity contribution in [2.45, 2.75) is 13.0 Å². The number of carbonyl (C=O) groups excluding carboxylic acids is 2. The number of amides is 1. The Morgan fingerprint density at radius 3 is 2.85 bits per heavy atom. The SMILES string of the molecule is O=C(CCNC(=O)c1n[nH]c2ccccc12)OCc1ccc(Br)cc1F. The largest absolute Gasteiger partial charge is 0.461 e. The molecule has 6 nitrogen and oxygen atoms in total. The molecule has 2 N–H and O–H groups in total. The Kier molecular flexibility index (Phi) is 5.62. The van der Waals surface area contributed by atoms with Crippen LogP contribution in [0.1, 0.15) is 22.5 Å². The number of H-pyrrole nitrogens is 1. The van der Waals surface area contributed by atoms with Crippen LogP contribution in [-0.4, -0.2) is 28.6 Å². The molecule has 0 spiro atoms. The number of benzene rings is 2. The second kappa shape index (κ2) is 8.09. The molecule has 0 saturated heterocycles. The van der Waals surface area contributed by atoms with Crippen molar-refractivity contribution < 1.29 is 18.7 Å². The van der Waals surface area contributed by atoms with Gasteiger partial charge >= 0.3 is 5.97 Å². The van der Waals surface area contributed by atoms with E-state index >= 15 is 0 Å². The van der Waals surface area contributed by atoms with E-state index in [2.05, 4.69) is 31.4 Å². The number of rotatable bonds is 6. The summed E-state index contributed by atoms with van der Waals surface area (Å²) in [7, 11) is 0. The molecule has 0 fully saturated rings. The molecular formula is C18H15BrFN3O3. The molecule has 26 heavy (non-hydrogen) atoms. The third-order valence-corrected chi connectivity index (χ3v) is 4.20. The predicted molar refractivity (Wildman–Crippen MR) is 96.9 cm³/mol. The fraction of sp³-hybridized carbons (Fsp3) is 0.167. The first kappa shape index (κ1) is 18.1. The molecule has 1 amide bonds. The molecular weight excluding hydrogens is 405 g/mol. The van der Waals surface area contributed by atoms with Crippen molar-refractivity contribution in [2.24, 2.45) is 0 Å². The second-order valence-corrected chi connectivity index (χ2v) is 6.44. The number of nitrogens with zero attached hydrogens (tertiary/aromatic N) is 1. The Labute approximate surface area is 156 Å². The van der Waals surface area contributed by atoms with Crippen LogP contribution in [0.25, 0.3) is 10.9 Å². The molecule has 0 aliphatic heterocycles. The van der Waals surface area contributed by atoms with E-state index in [1.165, 1.54) is 12.1 Å². The van der Waals surface area contributed by atoms with E-state index in [4.69, 9.17) is 4.74 Å². The zero-order chi connectivity index (χ0) is 18.5. The van der Waals surface area contributed by atoms with Crippen LogP contribution < -0.4 is 5.32 Å². The molecule has 3 rings (SSSR count). The van der Waals surface area contributed by atoms with Crippen LogP contribution in [0.15, 0.2) is 46.9 Å². The van der Waals surface area contributed by atoms with Gasteiger partial charge in [0.05, 0.1) is 11.9 Å². The summed E-state index contributed by atoms with van der Waals surface area (Å²) in [6, 6.07) is 11.8. The van der Waals surface area contributed by atoms with E-state index in [-0.39, 0.29) is 36.7 Å². The summed E-state index contributed by atoms with van der Waals surface area (Å²) in [6.07, 6.45) is -0.0216. The van der Waals surface area contributed by atoms with Crippen LogP contribution in [0.3, 0.4) is 0 Å². The lowest BCUT2D eigenvalue weighted by atomic mass is 10.2. The van der Waals surface area contributed by atoms with Gasteiger partial charge in [0.2, 0.25) is 0 Å². The van der Waals surface area contributed by atoms with Gasteiger partial charge in [-0.2, -0.15) is 5.10 Å². The first-order valence-electron chi connectivity index (χ1n) is 7.85. The van der Waals surface area contributed by atoms with Crippen molar-refractivity contribution in [3.05, 3.63) is 64.0 Å². The number of esters is 1. The van der Waals surface area contributed by atoms with Crippen molar-refractivity contribution >= 4 is 38.7 Å². The molecule has 2 aromatic carbocycles. The van der Waals surface area contributed by atoms with Crippen molar-refractivity contribution in [1.29, 1.82) is 0 Å². The second-order valence-electron chi connectivity index (χ2n) is 5.52. The summed E-state index contributed by atoms with van der Waals surface area (Å²) in [5, 5.41) is 10.1. The normalized spacial score (nSPS) is 10.7. The van der Waals surface area contributed by atoms with Crippen LogP contribution >= 0.6 is 15.9 Å². The molecule has 134 valence electrons. The van der Waals surface area contributed by atoms with Gasteiger partial charge in [-0.15, -0.1) is 0 Å². The Morgan fingerprint density at radius 1 is 1.23 bits per heavy atom. The van der Waals surface area contributed by atoms with Gasteiger partial charge in [-0.1, -0.05) is 40.2 Å². The number of hydrogen-bond donors (Lipinski definition) is 2.